The van der Waals surface area contributed by atoms with E-state index >= 15 is 0 Å². The molecule has 180 valence electrons. The van der Waals surface area contributed by atoms with Crippen LogP contribution in [-0.2, 0) is 0 Å². The molecule has 0 bridgehead atoms. The number of aromatic nitrogens is 4. The van der Waals surface area contributed by atoms with E-state index in [9.17, 15) is 13.6 Å². The van der Waals surface area contributed by atoms with Gasteiger partial charge in [-0.05, 0) is 48.5 Å². The molecular formula is C26H19ClF2N6O. The van der Waals surface area contributed by atoms with Crippen LogP contribution >= 0.6 is 11.6 Å². The molecule has 6 rings (SSSR count). The third-order valence-corrected chi connectivity index (χ3v) is 6.61. The van der Waals surface area contributed by atoms with Crippen LogP contribution in [0.25, 0.3) is 27.9 Å². The van der Waals surface area contributed by atoms with Crippen LogP contribution in [0.2, 0.25) is 5.02 Å². The zero-order chi connectivity index (χ0) is 24.8. The zero-order valence-corrected chi connectivity index (χ0v) is 19.7. The van der Waals surface area contributed by atoms with Crippen molar-refractivity contribution in [2.75, 3.05) is 31.1 Å². The van der Waals surface area contributed by atoms with Gasteiger partial charge in [0.2, 0.25) is 5.95 Å². The molecule has 7 nitrogen and oxygen atoms in total. The van der Waals surface area contributed by atoms with E-state index in [4.69, 9.17) is 16.6 Å². The Bertz CT molecular complexity index is 1590. The molecule has 0 spiro atoms. The fraction of sp³-hybridized carbons (Fsp3) is 0.154. The lowest BCUT2D eigenvalue weighted by atomic mass is 10.1. The Labute approximate surface area is 209 Å². The molecule has 36 heavy (non-hydrogen) atoms. The van der Waals surface area contributed by atoms with Crippen molar-refractivity contribution in [2.45, 2.75) is 0 Å². The molecule has 0 N–H and O–H groups in total. The predicted molar refractivity (Wildman–Crippen MR) is 133 cm³/mol. The highest BCUT2D eigenvalue weighted by molar-refractivity contribution is 6.30. The lowest BCUT2D eigenvalue weighted by Crippen LogP contribution is -2.49. The molecule has 1 fully saturated rings. The normalized spacial score (nSPS) is 14.1. The third-order valence-electron chi connectivity index (χ3n) is 6.36. The Balaban J connectivity index is 1.38. The first-order chi connectivity index (χ1) is 17.5. The van der Waals surface area contributed by atoms with Crippen LogP contribution in [0.4, 0.5) is 14.7 Å². The Hall–Kier alpha value is -4.11. The minimum Gasteiger partial charge on any atom is -0.338 e. The average Bonchev–Trinajstić information content (AvgIpc) is 3.34. The van der Waals surface area contributed by atoms with Gasteiger partial charge >= 0.3 is 0 Å². The number of amides is 1. The van der Waals surface area contributed by atoms with E-state index in [0.717, 1.165) is 28.6 Å². The molecule has 2 aromatic heterocycles. The zero-order valence-electron chi connectivity index (χ0n) is 18.9. The third kappa shape index (κ3) is 3.72. The van der Waals surface area contributed by atoms with Gasteiger partial charge in [-0.2, -0.15) is 0 Å². The van der Waals surface area contributed by atoms with Crippen LogP contribution in [0.5, 0.6) is 0 Å². The van der Waals surface area contributed by atoms with Crippen molar-refractivity contribution in [3.05, 3.63) is 89.0 Å². The van der Waals surface area contributed by atoms with E-state index in [-0.39, 0.29) is 13.1 Å². The smallest absolute Gasteiger partial charge is 0.259 e. The Kier molecular flexibility index (Phi) is 5.49. The molecule has 0 unspecified atom stereocenters. The molecule has 0 atom stereocenters. The first-order valence-corrected chi connectivity index (χ1v) is 11.8. The van der Waals surface area contributed by atoms with Crippen LogP contribution in [0.1, 0.15) is 10.4 Å². The maximum Gasteiger partial charge on any atom is 0.259 e. The summed E-state index contributed by atoms with van der Waals surface area (Å²) in [4.78, 5) is 21.3. The predicted octanol–water partition coefficient (Wildman–Crippen LogP) is 4.84. The molecule has 0 radical (unpaired) electrons. The molecule has 3 aromatic carbocycles. The summed E-state index contributed by atoms with van der Waals surface area (Å²) >= 11 is 6.08. The van der Waals surface area contributed by atoms with E-state index in [1.807, 2.05) is 45.7 Å². The van der Waals surface area contributed by atoms with Crippen molar-refractivity contribution in [3.8, 4) is 11.4 Å². The van der Waals surface area contributed by atoms with Crippen LogP contribution in [-0.4, -0.2) is 56.6 Å². The maximum absolute atomic E-state index is 14.2. The number of anilines is 1. The molecular weight excluding hydrogens is 486 g/mol. The second-order valence-corrected chi connectivity index (χ2v) is 8.93. The van der Waals surface area contributed by atoms with Crippen molar-refractivity contribution in [1.29, 1.82) is 0 Å². The highest BCUT2D eigenvalue weighted by Crippen LogP contribution is 2.29. The largest absolute Gasteiger partial charge is 0.338 e. The van der Waals surface area contributed by atoms with Crippen molar-refractivity contribution in [1.82, 2.24) is 24.5 Å². The number of piperazine rings is 1. The molecule has 0 aliphatic carbocycles. The minimum atomic E-state index is -0.863. The van der Waals surface area contributed by atoms with E-state index in [1.165, 1.54) is 11.0 Å². The molecule has 0 saturated carbocycles. The number of rotatable bonds is 3. The maximum atomic E-state index is 14.2. The summed E-state index contributed by atoms with van der Waals surface area (Å²) in [6.45, 7) is 1.39. The number of hydrogen-bond acceptors (Lipinski definition) is 5. The summed E-state index contributed by atoms with van der Waals surface area (Å²) in [5.41, 5.74) is 1.73. The molecule has 1 amide bonds. The topological polar surface area (TPSA) is 66.6 Å². The van der Waals surface area contributed by atoms with E-state index < -0.39 is 23.1 Å². The highest BCUT2D eigenvalue weighted by atomic mass is 35.5. The van der Waals surface area contributed by atoms with Crippen molar-refractivity contribution >= 4 is 40.0 Å². The summed E-state index contributed by atoms with van der Waals surface area (Å²) < 4.78 is 30.3. The summed E-state index contributed by atoms with van der Waals surface area (Å²) in [5.74, 6) is -1.15. The summed E-state index contributed by atoms with van der Waals surface area (Å²) in [7, 11) is 0. The fourth-order valence-corrected chi connectivity index (χ4v) is 4.66. The lowest BCUT2D eigenvalue weighted by Gasteiger charge is -2.35. The quantitative estimate of drug-likeness (QED) is 0.352. The SMILES string of the molecule is O=C(c1c(F)cccc1F)N1CCN(c2nc3ccccc3c3nnc(-c4ccc(Cl)cc4)n23)CC1. The molecule has 3 heterocycles. The number of carbonyl (C=O) groups excluding carboxylic acids is 1. The summed E-state index contributed by atoms with van der Waals surface area (Å²) in [6, 6.07) is 18.4. The Morgan fingerprint density at radius 3 is 2.25 bits per heavy atom. The van der Waals surface area contributed by atoms with Gasteiger partial charge in [0.1, 0.15) is 17.2 Å². The lowest BCUT2D eigenvalue weighted by molar-refractivity contribution is 0.0736. The second kappa shape index (κ2) is 8.83. The number of benzene rings is 3. The van der Waals surface area contributed by atoms with Crippen LogP contribution in [0.3, 0.4) is 0 Å². The molecule has 1 aliphatic heterocycles. The Morgan fingerprint density at radius 1 is 0.833 bits per heavy atom. The van der Waals surface area contributed by atoms with Crippen molar-refractivity contribution in [2.24, 2.45) is 0 Å². The van der Waals surface area contributed by atoms with Gasteiger partial charge in [-0.15, -0.1) is 10.2 Å². The van der Waals surface area contributed by atoms with Gasteiger partial charge in [0.25, 0.3) is 5.91 Å². The average molecular weight is 505 g/mol. The first kappa shape index (κ1) is 22.4. The van der Waals surface area contributed by atoms with Gasteiger partial charge in [0, 0.05) is 42.2 Å². The minimum absolute atomic E-state index is 0.279. The first-order valence-electron chi connectivity index (χ1n) is 11.4. The van der Waals surface area contributed by atoms with E-state index in [0.29, 0.717) is 35.5 Å². The molecule has 1 aliphatic rings. The van der Waals surface area contributed by atoms with Gasteiger partial charge in [-0.1, -0.05) is 29.8 Å². The number of nitrogens with zero attached hydrogens (tertiary/aromatic N) is 6. The number of halogens is 3. The van der Waals surface area contributed by atoms with E-state index in [2.05, 4.69) is 10.2 Å². The van der Waals surface area contributed by atoms with Gasteiger partial charge in [0.05, 0.1) is 5.52 Å². The number of para-hydroxylation sites is 1. The summed E-state index contributed by atoms with van der Waals surface area (Å²) in [6.07, 6.45) is 0. The molecule has 10 heteroatoms. The fourth-order valence-electron chi connectivity index (χ4n) is 4.53. The number of fused-ring (bicyclic) bond motifs is 3. The second-order valence-electron chi connectivity index (χ2n) is 8.49. The van der Waals surface area contributed by atoms with Gasteiger partial charge < -0.3 is 9.80 Å². The monoisotopic (exact) mass is 504 g/mol. The van der Waals surface area contributed by atoms with Crippen LogP contribution in [0.15, 0.2) is 66.7 Å². The van der Waals surface area contributed by atoms with Crippen LogP contribution < -0.4 is 4.90 Å². The molecule has 1 saturated heterocycles. The summed E-state index contributed by atoms with van der Waals surface area (Å²) in [5, 5.41) is 10.4. The molecule has 5 aromatic rings. The highest BCUT2D eigenvalue weighted by Gasteiger charge is 2.29. The number of carbonyl (C=O) groups is 1. The van der Waals surface area contributed by atoms with Crippen LogP contribution in [0, 0.1) is 11.6 Å². The number of hydrogen-bond donors (Lipinski definition) is 0. The van der Waals surface area contributed by atoms with Crippen molar-refractivity contribution in [3.63, 3.8) is 0 Å². The standard InChI is InChI=1S/C26H19ClF2N6O/c27-17-10-8-16(9-11-17)23-31-32-24-18-4-1-2-7-21(18)30-26(35(23)24)34-14-12-33(13-15-34)25(36)22-19(28)5-3-6-20(22)29/h1-11H,12-15H2. The van der Waals surface area contributed by atoms with Gasteiger partial charge in [-0.3, -0.25) is 4.79 Å². The Morgan fingerprint density at radius 2 is 1.53 bits per heavy atom. The van der Waals surface area contributed by atoms with Crippen molar-refractivity contribution < 1.29 is 13.6 Å². The van der Waals surface area contributed by atoms with E-state index in [1.54, 1.807) is 12.1 Å². The van der Waals surface area contributed by atoms with Gasteiger partial charge in [-0.25, -0.2) is 18.2 Å². The van der Waals surface area contributed by atoms with Gasteiger partial charge in [0.15, 0.2) is 11.5 Å².